The van der Waals surface area contributed by atoms with Gasteiger partial charge in [-0.2, -0.15) is 0 Å². The smallest absolute Gasteiger partial charge is 0.257 e. The van der Waals surface area contributed by atoms with Gasteiger partial charge in [-0.3, -0.25) is 4.79 Å². The number of nitrogens with one attached hydrogen (secondary N) is 1. The highest BCUT2D eigenvalue weighted by molar-refractivity contribution is 6.30. The molecular formula is C14H14ClN3O2. The molecule has 5 nitrogen and oxygen atoms in total. The molecule has 0 aliphatic carbocycles. The van der Waals surface area contributed by atoms with E-state index in [-0.39, 0.29) is 5.91 Å². The number of amides is 1. The fraction of sp³-hybridized carbons (Fsp3) is 0.143. The number of rotatable bonds is 3. The molecule has 104 valence electrons. The lowest BCUT2D eigenvalue weighted by Crippen LogP contribution is -2.14. The summed E-state index contributed by atoms with van der Waals surface area (Å²) in [5, 5.41) is 3.13. The van der Waals surface area contributed by atoms with Gasteiger partial charge in [-0.05, 0) is 30.7 Å². The van der Waals surface area contributed by atoms with Crippen LogP contribution in [0.25, 0.3) is 0 Å². The van der Waals surface area contributed by atoms with E-state index in [2.05, 4.69) is 10.3 Å². The Balaban J connectivity index is 2.21. The molecule has 1 amide bonds. The third-order valence-corrected chi connectivity index (χ3v) is 3.17. The van der Waals surface area contributed by atoms with E-state index in [0.29, 0.717) is 27.8 Å². The Morgan fingerprint density at radius 3 is 2.75 bits per heavy atom. The summed E-state index contributed by atoms with van der Waals surface area (Å²) in [6.07, 6.45) is 1.49. The molecule has 0 unspecified atom stereocenters. The number of nitrogens with two attached hydrogens (primary N) is 1. The monoisotopic (exact) mass is 291 g/mol. The summed E-state index contributed by atoms with van der Waals surface area (Å²) < 4.78 is 5.04. The van der Waals surface area contributed by atoms with Crippen molar-refractivity contribution in [1.29, 1.82) is 0 Å². The van der Waals surface area contributed by atoms with Gasteiger partial charge in [-0.25, -0.2) is 4.98 Å². The van der Waals surface area contributed by atoms with Crippen molar-refractivity contribution in [2.75, 3.05) is 18.2 Å². The molecule has 20 heavy (non-hydrogen) atoms. The van der Waals surface area contributed by atoms with E-state index in [4.69, 9.17) is 22.1 Å². The fourth-order valence-corrected chi connectivity index (χ4v) is 1.80. The number of aryl methyl sites for hydroxylation is 1. The zero-order valence-corrected chi connectivity index (χ0v) is 11.9. The Kier molecular flexibility index (Phi) is 4.10. The van der Waals surface area contributed by atoms with Gasteiger partial charge in [0.25, 0.3) is 5.91 Å². The molecule has 1 aromatic heterocycles. The van der Waals surface area contributed by atoms with Gasteiger partial charge >= 0.3 is 0 Å². The third-order valence-electron chi connectivity index (χ3n) is 2.78. The zero-order chi connectivity index (χ0) is 14.7. The van der Waals surface area contributed by atoms with Crippen molar-refractivity contribution in [2.45, 2.75) is 6.92 Å². The van der Waals surface area contributed by atoms with Crippen molar-refractivity contribution < 1.29 is 9.53 Å². The Labute approximate surface area is 121 Å². The third kappa shape index (κ3) is 3.00. The summed E-state index contributed by atoms with van der Waals surface area (Å²) in [5.41, 5.74) is 7.90. The number of anilines is 2. The average molecular weight is 292 g/mol. The molecule has 0 bridgehead atoms. The summed E-state index contributed by atoms with van der Waals surface area (Å²) in [7, 11) is 1.54. The molecule has 0 saturated carbocycles. The lowest BCUT2D eigenvalue weighted by atomic mass is 10.1. The Morgan fingerprint density at radius 1 is 1.40 bits per heavy atom. The quantitative estimate of drug-likeness (QED) is 0.673. The number of benzene rings is 1. The molecule has 0 atom stereocenters. The summed E-state index contributed by atoms with van der Waals surface area (Å²) in [5.74, 6) is 0.289. The van der Waals surface area contributed by atoms with Crippen molar-refractivity contribution >= 4 is 28.9 Å². The van der Waals surface area contributed by atoms with Crippen LogP contribution in [0.2, 0.25) is 5.15 Å². The van der Waals surface area contributed by atoms with Gasteiger partial charge in [-0.1, -0.05) is 11.6 Å². The summed E-state index contributed by atoms with van der Waals surface area (Å²) in [6.45, 7) is 1.81. The number of aromatic nitrogens is 1. The minimum atomic E-state index is -0.311. The van der Waals surface area contributed by atoms with Gasteiger partial charge in [0, 0.05) is 11.8 Å². The summed E-state index contributed by atoms with van der Waals surface area (Å²) >= 11 is 5.84. The molecule has 0 fully saturated rings. The van der Waals surface area contributed by atoms with Crippen LogP contribution in [0.1, 0.15) is 15.9 Å². The topological polar surface area (TPSA) is 77.2 Å². The van der Waals surface area contributed by atoms with Gasteiger partial charge in [0.1, 0.15) is 10.9 Å². The molecule has 0 aliphatic heterocycles. The predicted molar refractivity (Wildman–Crippen MR) is 79.3 cm³/mol. The summed E-state index contributed by atoms with van der Waals surface area (Å²) in [4.78, 5) is 16.1. The predicted octanol–water partition coefficient (Wildman–Crippen LogP) is 2.89. The van der Waals surface area contributed by atoms with Gasteiger partial charge in [0.15, 0.2) is 0 Å². The van der Waals surface area contributed by atoms with Gasteiger partial charge in [0.05, 0.1) is 24.6 Å². The lowest BCUT2D eigenvalue weighted by Gasteiger charge is -2.09. The SMILES string of the molecule is COc1ccc(C(=O)Nc2cnc(Cl)c(C)c2)c(N)c1. The van der Waals surface area contributed by atoms with E-state index >= 15 is 0 Å². The first-order valence-corrected chi connectivity index (χ1v) is 6.26. The van der Waals surface area contributed by atoms with Crippen molar-refractivity contribution in [1.82, 2.24) is 4.98 Å². The molecule has 1 heterocycles. The van der Waals surface area contributed by atoms with Gasteiger partial charge < -0.3 is 15.8 Å². The van der Waals surface area contributed by atoms with E-state index in [0.717, 1.165) is 5.56 Å². The van der Waals surface area contributed by atoms with Crippen LogP contribution in [0.3, 0.4) is 0 Å². The second-order valence-electron chi connectivity index (χ2n) is 4.24. The van der Waals surface area contributed by atoms with Gasteiger partial charge in [0.2, 0.25) is 0 Å². The number of hydrogen-bond donors (Lipinski definition) is 2. The largest absolute Gasteiger partial charge is 0.497 e. The fourth-order valence-electron chi connectivity index (χ4n) is 1.70. The number of carbonyl (C=O) groups excluding carboxylic acids is 1. The highest BCUT2D eigenvalue weighted by Gasteiger charge is 2.11. The van der Waals surface area contributed by atoms with Gasteiger partial charge in [-0.15, -0.1) is 0 Å². The number of hydrogen-bond acceptors (Lipinski definition) is 4. The average Bonchev–Trinajstić information content (AvgIpc) is 2.42. The maximum atomic E-state index is 12.1. The first kappa shape index (κ1) is 14.1. The van der Waals surface area contributed by atoms with Crippen molar-refractivity contribution in [2.24, 2.45) is 0 Å². The van der Waals surface area contributed by atoms with Crippen LogP contribution >= 0.6 is 11.6 Å². The van der Waals surface area contributed by atoms with Crippen LogP contribution in [0.4, 0.5) is 11.4 Å². The van der Waals surface area contributed by atoms with Crippen molar-refractivity contribution in [3.05, 3.63) is 46.7 Å². The molecule has 0 spiro atoms. The van der Waals surface area contributed by atoms with E-state index in [9.17, 15) is 4.79 Å². The van der Waals surface area contributed by atoms with Crippen LogP contribution in [0.15, 0.2) is 30.5 Å². The standard InChI is InChI=1S/C14H14ClN3O2/c1-8-5-9(7-17-13(8)15)18-14(19)11-4-3-10(20-2)6-12(11)16/h3-7H,16H2,1-2H3,(H,18,19). The Hall–Kier alpha value is -2.27. The minimum Gasteiger partial charge on any atom is -0.497 e. The zero-order valence-electron chi connectivity index (χ0n) is 11.1. The molecule has 6 heteroatoms. The Morgan fingerprint density at radius 2 is 2.15 bits per heavy atom. The van der Waals surface area contributed by atoms with Crippen LogP contribution in [-0.4, -0.2) is 18.0 Å². The van der Waals surface area contributed by atoms with Crippen LogP contribution in [-0.2, 0) is 0 Å². The second kappa shape index (κ2) is 5.79. The van der Waals surface area contributed by atoms with E-state index < -0.39 is 0 Å². The highest BCUT2D eigenvalue weighted by Crippen LogP contribution is 2.21. The van der Waals surface area contributed by atoms with Crippen LogP contribution in [0.5, 0.6) is 5.75 Å². The van der Waals surface area contributed by atoms with Crippen molar-refractivity contribution in [3.63, 3.8) is 0 Å². The van der Waals surface area contributed by atoms with Crippen LogP contribution in [0, 0.1) is 6.92 Å². The highest BCUT2D eigenvalue weighted by atomic mass is 35.5. The summed E-state index contributed by atoms with van der Waals surface area (Å²) in [6, 6.07) is 6.63. The van der Waals surface area contributed by atoms with E-state index in [1.165, 1.54) is 13.3 Å². The Bertz CT molecular complexity index is 659. The van der Waals surface area contributed by atoms with E-state index in [1.807, 2.05) is 6.92 Å². The number of nitrogen functional groups attached to an aromatic ring is 1. The first-order valence-electron chi connectivity index (χ1n) is 5.88. The number of ether oxygens (including phenoxy) is 1. The lowest BCUT2D eigenvalue weighted by molar-refractivity contribution is 0.102. The first-order chi connectivity index (χ1) is 9.51. The van der Waals surface area contributed by atoms with E-state index in [1.54, 1.807) is 24.3 Å². The molecular weight excluding hydrogens is 278 g/mol. The number of carbonyl (C=O) groups is 1. The molecule has 1 aromatic carbocycles. The number of methoxy groups -OCH3 is 1. The maximum Gasteiger partial charge on any atom is 0.257 e. The molecule has 2 rings (SSSR count). The number of halogens is 1. The van der Waals surface area contributed by atoms with Crippen LogP contribution < -0.4 is 15.8 Å². The van der Waals surface area contributed by atoms with Crippen molar-refractivity contribution in [3.8, 4) is 5.75 Å². The normalized spacial score (nSPS) is 10.2. The molecule has 0 aliphatic rings. The number of pyridine rings is 1. The number of nitrogens with zero attached hydrogens (tertiary/aromatic N) is 1. The molecule has 0 radical (unpaired) electrons. The molecule has 0 saturated heterocycles. The molecule has 2 aromatic rings. The minimum absolute atomic E-state index is 0.311. The second-order valence-corrected chi connectivity index (χ2v) is 4.60. The maximum absolute atomic E-state index is 12.1. The molecule has 3 N–H and O–H groups in total.